The van der Waals surface area contributed by atoms with E-state index in [1.807, 2.05) is 42.8 Å². The molecule has 0 saturated carbocycles. The maximum absolute atomic E-state index is 11.6. The van der Waals surface area contributed by atoms with Gasteiger partial charge in [0.15, 0.2) is 11.0 Å². The number of rotatable bonds is 4. The van der Waals surface area contributed by atoms with Crippen LogP contribution in [0.3, 0.4) is 0 Å². The predicted octanol–water partition coefficient (Wildman–Crippen LogP) is 1.05. The molecule has 0 spiro atoms. The lowest BCUT2D eigenvalue weighted by atomic mass is 10.1. The lowest BCUT2D eigenvalue weighted by Gasteiger charge is -2.06. The quantitative estimate of drug-likeness (QED) is 0.649. The number of aromatic nitrogens is 3. The standard InChI is InChI=1S/C14H17N5O2S/c1-9-6-4-5-7-11(9)13-17-18-14(19(13)3)22-8-12(21)16-15-10(2)20/h4-7H,8H2,1-3H3,(H,15,20)(H,16,21). The molecule has 7 nitrogen and oxygen atoms in total. The van der Waals surface area contributed by atoms with Crippen molar-refractivity contribution in [3.63, 3.8) is 0 Å². The summed E-state index contributed by atoms with van der Waals surface area (Å²) in [5.74, 6) is 0.266. The van der Waals surface area contributed by atoms with E-state index in [4.69, 9.17) is 0 Å². The molecule has 0 aliphatic heterocycles. The fourth-order valence-electron chi connectivity index (χ4n) is 1.82. The maximum Gasteiger partial charge on any atom is 0.248 e. The first kappa shape index (κ1) is 16.0. The molecule has 0 saturated heterocycles. The fraction of sp³-hybridized carbons (Fsp3) is 0.286. The van der Waals surface area contributed by atoms with Crippen molar-refractivity contribution in [3.05, 3.63) is 29.8 Å². The molecule has 2 rings (SSSR count). The zero-order valence-electron chi connectivity index (χ0n) is 12.6. The zero-order valence-corrected chi connectivity index (χ0v) is 13.4. The van der Waals surface area contributed by atoms with E-state index >= 15 is 0 Å². The molecule has 0 fully saturated rings. The van der Waals surface area contributed by atoms with Gasteiger partial charge in [0.1, 0.15) is 0 Å². The highest BCUT2D eigenvalue weighted by Gasteiger charge is 2.14. The number of thioether (sulfide) groups is 1. The van der Waals surface area contributed by atoms with Gasteiger partial charge in [0.25, 0.3) is 0 Å². The lowest BCUT2D eigenvalue weighted by Crippen LogP contribution is -2.41. The van der Waals surface area contributed by atoms with Gasteiger partial charge in [-0.05, 0) is 12.5 Å². The Bertz CT molecular complexity index is 698. The monoisotopic (exact) mass is 319 g/mol. The Morgan fingerprint density at radius 2 is 1.95 bits per heavy atom. The van der Waals surface area contributed by atoms with E-state index in [9.17, 15) is 9.59 Å². The van der Waals surface area contributed by atoms with Gasteiger partial charge in [0.2, 0.25) is 11.8 Å². The molecular weight excluding hydrogens is 302 g/mol. The average molecular weight is 319 g/mol. The first-order valence-corrected chi connectivity index (χ1v) is 7.61. The van der Waals surface area contributed by atoms with Crippen LogP contribution < -0.4 is 10.9 Å². The third-order valence-corrected chi connectivity index (χ3v) is 3.95. The number of amides is 2. The SMILES string of the molecule is CC(=O)NNC(=O)CSc1nnc(-c2ccccc2C)n1C. The third-order valence-electron chi connectivity index (χ3n) is 2.93. The Morgan fingerprint density at radius 3 is 2.64 bits per heavy atom. The molecule has 116 valence electrons. The van der Waals surface area contributed by atoms with Crippen molar-refractivity contribution in [2.75, 3.05) is 5.75 Å². The molecule has 0 atom stereocenters. The molecule has 0 aliphatic rings. The van der Waals surface area contributed by atoms with Gasteiger partial charge in [0.05, 0.1) is 5.75 Å². The lowest BCUT2D eigenvalue weighted by molar-refractivity contribution is -0.126. The highest BCUT2D eigenvalue weighted by atomic mass is 32.2. The molecule has 0 aliphatic carbocycles. The van der Waals surface area contributed by atoms with Crippen molar-refractivity contribution >= 4 is 23.6 Å². The van der Waals surface area contributed by atoms with Crippen molar-refractivity contribution in [3.8, 4) is 11.4 Å². The Morgan fingerprint density at radius 1 is 1.23 bits per heavy atom. The number of hydrazine groups is 1. The Labute approximate surface area is 132 Å². The van der Waals surface area contributed by atoms with E-state index in [0.29, 0.717) is 5.16 Å². The van der Waals surface area contributed by atoms with Gasteiger partial charge >= 0.3 is 0 Å². The molecule has 1 heterocycles. The first-order chi connectivity index (χ1) is 10.5. The summed E-state index contributed by atoms with van der Waals surface area (Å²) in [5.41, 5.74) is 6.66. The molecule has 0 unspecified atom stereocenters. The Kier molecular flexibility index (Phi) is 5.16. The van der Waals surface area contributed by atoms with Crippen molar-refractivity contribution in [1.29, 1.82) is 0 Å². The number of carbonyl (C=O) groups excluding carboxylic acids is 2. The van der Waals surface area contributed by atoms with E-state index in [1.54, 1.807) is 0 Å². The molecular formula is C14H17N5O2S. The maximum atomic E-state index is 11.6. The van der Waals surface area contributed by atoms with Crippen molar-refractivity contribution in [1.82, 2.24) is 25.6 Å². The summed E-state index contributed by atoms with van der Waals surface area (Å²) in [6.07, 6.45) is 0. The molecule has 0 bridgehead atoms. The number of nitrogens with one attached hydrogen (secondary N) is 2. The van der Waals surface area contributed by atoms with Gasteiger partial charge in [-0.1, -0.05) is 36.0 Å². The summed E-state index contributed by atoms with van der Waals surface area (Å²) in [6, 6.07) is 7.91. The van der Waals surface area contributed by atoms with E-state index < -0.39 is 0 Å². The minimum Gasteiger partial charge on any atom is -0.305 e. The topological polar surface area (TPSA) is 88.9 Å². The number of aryl methyl sites for hydroxylation is 1. The highest BCUT2D eigenvalue weighted by Crippen LogP contribution is 2.24. The van der Waals surface area contributed by atoms with E-state index in [-0.39, 0.29) is 17.6 Å². The summed E-state index contributed by atoms with van der Waals surface area (Å²) >= 11 is 1.25. The van der Waals surface area contributed by atoms with Crippen LogP contribution in [0.2, 0.25) is 0 Å². The number of hydrogen-bond acceptors (Lipinski definition) is 5. The number of hydrogen-bond donors (Lipinski definition) is 2. The Hall–Kier alpha value is -2.35. The number of benzene rings is 1. The van der Waals surface area contributed by atoms with Crippen LogP contribution in [0, 0.1) is 6.92 Å². The van der Waals surface area contributed by atoms with Crippen LogP contribution in [0.15, 0.2) is 29.4 Å². The molecule has 8 heteroatoms. The predicted molar refractivity (Wildman–Crippen MR) is 83.9 cm³/mol. The summed E-state index contributed by atoms with van der Waals surface area (Å²) in [5, 5.41) is 8.93. The molecule has 1 aromatic carbocycles. The van der Waals surface area contributed by atoms with Crippen LogP contribution in [-0.2, 0) is 16.6 Å². The second-order valence-corrected chi connectivity index (χ2v) is 5.64. The largest absolute Gasteiger partial charge is 0.305 e. The van der Waals surface area contributed by atoms with Crippen molar-refractivity contribution < 1.29 is 9.59 Å². The molecule has 0 radical (unpaired) electrons. The van der Waals surface area contributed by atoms with Crippen LogP contribution in [0.1, 0.15) is 12.5 Å². The normalized spacial score (nSPS) is 10.3. The van der Waals surface area contributed by atoms with Gasteiger partial charge < -0.3 is 4.57 Å². The van der Waals surface area contributed by atoms with Crippen molar-refractivity contribution in [2.45, 2.75) is 19.0 Å². The van der Waals surface area contributed by atoms with Crippen molar-refractivity contribution in [2.24, 2.45) is 7.05 Å². The second kappa shape index (κ2) is 7.08. The second-order valence-electron chi connectivity index (χ2n) is 4.70. The average Bonchev–Trinajstić information content (AvgIpc) is 2.84. The number of nitrogens with zero attached hydrogens (tertiary/aromatic N) is 3. The highest BCUT2D eigenvalue weighted by molar-refractivity contribution is 7.99. The number of carbonyl (C=O) groups is 2. The van der Waals surface area contributed by atoms with Crippen LogP contribution in [0.25, 0.3) is 11.4 Å². The fourth-order valence-corrected chi connectivity index (χ4v) is 2.53. The minimum absolute atomic E-state index is 0.139. The summed E-state index contributed by atoms with van der Waals surface area (Å²) in [6.45, 7) is 3.34. The minimum atomic E-state index is -0.321. The zero-order chi connectivity index (χ0) is 16.1. The van der Waals surface area contributed by atoms with E-state index in [1.165, 1.54) is 18.7 Å². The van der Waals surface area contributed by atoms with Gasteiger partial charge in [-0.15, -0.1) is 10.2 Å². The van der Waals surface area contributed by atoms with Gasteiger partial charge in [0, 0.05) is 19.5 Å². The first-order valence-electron chi connectivity index (χ1n) is 6.62. The molecule has 1 aromatic heterocycles. The molecule has 2 amide bonds. The molecule has 2 N–H and O–H groups in total. The summed E-state index contributed by atoms with van der Waals surface area (Å²) < 4.78 is 1.85. The smallest absolute Gasteiger partial charge is 0.248 e. The summed E-state index contributed by atoms with van der Waals surface area (Å²) in [4.78, 5) is 22.3. The van der Waals surface area contributed by atoms with Gasteiger partial charge in [-0.25, -0.2) is 0 Å². The van der Waals surface area contributed by atoms with E-state index in [0.717, 1.165) is 17.0 Å². The van der Waals surface area contributed by atoms with Crippen LogP contribution in [-0.4, -0.2) is 32.3 Å². The van der Waals surface area contributed by atoms with Gasteiger partial charge in [-0.3, -0.25) is 20.4 Å². The molecule has 22 heavy (non-hydrogen) atoms. The van der Waals surface area contributed by atoms with E-state index in [2.05, 4.69) is 21.0 Å². The Balaban J connectivity index is 2.04. The van der Waals surface area contributed by atoms with Crippen LogP contribution >= 0.6 is 11.8 Å². The van der Waals surface area contributed by atoms with Crippen LogP contribution in [0.4, 0.5) is 0 Å². The molecule has 2 aromatic rings. The van der Waals surface area contributed by atoms with Gasteiger partial charge in [-0.2, -0.15) is 0 Å². The third kappa shape index (κ3) is 3.85. The summed E-state index contributed by atoms with van der Waals surface area (Å²) in [7, 11) is 1.86. The van der Waals surface area contributed by atoms with Crippen LogP contribution in [0.5, 0.6) is 0 Å².